The summed E-state index contributed by atoms with van der Waals surface area (Å²) in [6.07, 6.45) is 3.50. The molecular weight excluding hydrogens is 392 g/mol. The van der Waals surface area contributed by atoms with Crippen molar-refractivity contribution in [2.75, 3.05) is 22.5 Å². The van der Waals surface area contributed by atoms with Gasteiger partial charge in [0.15, 0.2) is 0 Å². The molecule has 3 amide bonds. The monoisotopic (exact) mass is 424 g/mol. The minimum absolute atomic E-state index is 0.00568. The van der Waals surface area contributed by atoms with E-state index in [0.717, 1.165) is 24.9 Å². The molecule has 31 heavy (non-hydrogen) atoms. The molecule has 166 valence electrons. The molecule has 0 aliphatic heterocycles. The molecule has 4 N–H and O–H groups in total. The quantitative estimate of drug-likeness (QED) is 0.402. The van der Waals surface area contributed by atoms with Crippen LogP contribution in [0.15, 0.2) is 48.5 Å². The van der Waals surface area contributed by atoms with Gasteiger partial charge in [0.2, 0.25) is 11.8 Å². The number of benzene rings is 2. The maximum Gasteiger partial charge on any atom is 0.251 e. The van der Waals surface area contributed by atoms with E-state index in [-0.39, 0.29) is 30.3 Å². The Morgan fingerprint density at radius 1 is 0.839 bits per heavy atom. The number of carbonyl (C=O) groups is 3. The van der Waals surface area contributed by atoms with Gasteiger partial charge in [0.05, 0.1) is 6.54 Å². The van der Waals surface area contributed by atoms with E-state index in [1.165, 1.54) is 0 Å². The zero-order valence-electron chi connectivity index (χ0n) is 18.5. The summed E-state index contributed by atoms with van der Waals surface area (Å²) in [7, 11) is 0. The molecule has 0 aliphatic rings. The van der Waals surface area contributed by atoms with Crippen LogP contribution in [0.5, 0.6) is 0 Å². The Balaban J connectivity index is 1.82. The van der Waals surface area contributed by atoms with Gasteiger partial charge in [-0.25, -0.2) is 0 Å². The second-order valence-electron chi connectivity index (χ2n) is 7.69. The zero-order valence-corrected chi connectivity index (χ0v) is 18.5. The van der Waals surface area contributed by atoms with Gasteiger partial charge in [-0.3, -0.25) is 14.4 Å². The van der Waals surface area contributed by atoms with Crippen LogP contribution in [0, 0.1) is 0 Å². The third kappa shape index (κ3) is 8.90. The van der Waals surface area contributed by atoms with Gasteiger partial charge in [-0.1, -0.05) is 25.8 Å². The van der Waals surface area contributed by atoms with Crippen molar-refractivity contribution in [3.8, 4) is 0 Å². The first-order valence-electron chi connectivity index (χ1n) is 10.7. The summed E-state index contributed by atoms with van der Waals surface area (Å²) in [4.78, 5) is 36.2. The van der Waals surface area contributed by atoms with Gasteiger partial charge in [-0.05, 0) is 62.7 Å². The van der Waals surface area contributed by atoms with E-state index in [9.17, 15) is 14.4 Å². The lowest BCUT2D eigenvalue weighted by molar-refractivity contribution is -0.116. The first kappa shape index (κ1) is 23.9. The highest BCUT2D eigenvalue weighted by atomic mass is 16.2. The van der Waals surface area contributed by atoms with E-state index >= 15 is 0 Å². The molecule has 0 saturated carbocycles. The summed E-state index contributed by atoms with van der Waals surface area (Å²) < 4.78 is 0. The molecule has 0 aromatic heterocycles. The highest BCUT2D eigenvalue weighted by Crippen LogP contribution is 2.16. The molecular formula is C24H32N4O3. The second kappa shape index (κ2) is 12.4. The molecule has 0 spiro atoms. The lowest BCUT2D eigenvalue weighted by atomic mass is 10.2. The topological polar surface area (TPSA) is 99.3 Å². The number of anilines is 3. The van der Waals surface area contributed by atoms with E-state index < -0.39 is 0 Å². The Kier molecular flexibility index (Phi) is 9.55. The predicted molar refractivity (Wildman–Crippen MR) is 125 cm³/mol. The fraction of sp³-hybridized carbons (Fsp3) is 0.375. The third-order valence-electron chi connectivity index (χ3n) is 4.46. The number of amides is 3. The Morgan fingerprint density at radius 3 is 2.19 bits per heavy atom. The van der Waals surface area contributed by atoms with Crippen LogP contribution in [0.4, 0.5) is 17.1 Å². The molecule has 0 saturated heterocycles. The van der Waals surface area contributed by atoms with Crippen LogP contribution in [-0.4, -0.2) is 30.3 Å². The molecule has 0 bridgehead atoms. The second-order valence-corrected chi connectivity index (χ2v) is 7.69. The van der Waals surface area contributed by atoms with Crippen LogP contribution >= 0.6 is 0 Å². The van der Waals surface area contributed by atoms with Crippen LogP contribution in [0.25, 0.3) is 0 Å². The summed E-state index contributed by atoms with van der Waals surface area (Å²) in [6, 6.07) is 14.1. The molecule has 7 nitrogen and oxygen atoms in total. The van der Waals surface area contributed by atoms with Gasteiger partial charge in [-0.15, -0.1) is 0 Å². The standard InChI is InChI=1S/C24H32N4O3/c1-4-5-6-10-22(29)28-21-9-7-8-20(15-21)25-16-23(30)27-19-13-11-18(12-14-19)24(31)26-17(2)3/h7-9,11-15,17,25H,4-6,10,16H2,1-3H3,(H,26,31)(H,27,30)(H,28,29). The van der Waals surface area contributed by atoms with Crippen molar-refractivity contribution >= 4 is 34.8 Å². The summed E-state index contributed by atoms with van der Waals surface area (Å²) >= 11 is 0. The molecule has 7 heteroatoms. The van der Waals surface area contributed by atoms with Gasteiger partial charge in [0.1, 0.15) is 0 Å². The average molecular weight is 425 g/mol. The largest absolute Gasteiger partial charge is 0.376 e. The van der Waals surface area contributed by atoms with Crippen LogP contribution < -0.4 is 21.3 Å². The maximum absolute atomic E-state index is 12.2. The summed E-state index contributed by atoms with van der Waals surface area (Å²) in [5.41, 5.74) is 2.59. The number of unbranched alkanes of at least 4 members (excludes halogenated alkanes) is 2. The van der Waals surface area contributed by atoms with Crippen molar-refractivity contribution in [3.63, 3.8) is 0 Å². The van der Waals surface area contributed by atoms with Crippen molar-refractivity contribution in [2.45, 2.75) is 52.5 Å². The molecule has 2 aromatic carbocycles. The molecule has 0 aliphatic carbocycles. The van der Waals surface area contributed by atoms with Crippen LogP contribution in [-0.2, 0) is 9.59 Å². The zero-order chi connectivity index (χ0) is 22.6. The molecule has 2 rings (SSSR count). The Hall–Kier alpha value is -3.35. The highest BCUT2D eigenvalue weighted by Gasteiger charge is 2.08. The number of carbonyl (C=O) groups excluding carboxylic acids is 3. The van der Waals surface area contributed by atoms with E-state index in [0.29, 0.717) is 23.4 Å². The number of hydrogen-bond donors (Lipinski definition) is 4. The van der Waals surface area contributed by atoms with Crippen LogP contribution in [0.1, 0.15) is 56.8 Å². The molecule has 0 heterocycles. The lowest BCUT2D eigenvalue weighted by Crippen LogP contribution is -2.30. The normalized spacial score (nSPS) is 10.5. The van der Waals surface area contributed by atoms with Gasteiger partial charge >= 0.3 is 0 Å². The van der Waals surface area contributed by atoms with Crippen LogP contribution in [0.2, 0.25) is 0 Å². The maximum atomic E-state index is 12.2. The molecule has 2 aromatic rings. The molecule has 0 fully saturated rings. The van der Waals surface area contributed by atoms with E-state index in [1.807, 2.05) is 32.0 Å². The van der Waals surface area contributed by atoms with E-state index in [4.69, 9.17) is 0 Å². The summed E-state index contributed by atoms with van der Waals surface area (Å²) in [5, 5.41) is 11.6. The highest BCUT2D eigenvalue weighted by molar-refractivity contribution is 5.97. The van der Waals surface area contributed by atoms with Crippen molar-refractivity contribution in [2.24, 2.45) is 0 Å². The van der Waals surface area contributed by atoms with Crippen LogP contribution in [0.3, 0.4) is 0 Å². The first-order chi connectivity index (χ1) is 14.9. The fourth-order valence-electron chi connectivity index (χ4n) is 2.90. The Bertz CT molecular complexity index is 879. The average Bonchev–Trinajstić information content (AvgIpc) is 2.73. The fourth-order valence-corrected chi connectivity index (χ4v) is 2.90. The van der Waals surface area contributed by atoms with E-state index in [1.54, 1.807) is 30.3 Å². The molecule has 0 unspecified atom stereocenters. The number of hydrogen-bond acceptors (Lipinski definition) is 4. The third-order valence-corrected chi connectivity index (χ3v) is 4.46. The first-order valence-corrected chi connectivity index (χ1v) is 10.7. The van der Waals surface area contributed by atoms with Gasteiger partial charge in [-0.2, -0.15) is 0 Å². The molecule has 0 atom stereocenters. The Labute approximate surface area is 184 Å². The summed E-state index contributed by atoms with van der Waals surface area (Å²) in [6.45, 7) is 5.97. The van der Waals surface area contributed by atoms with Crippen molar-refractivity contribution in [1.82, 2.24) is 5.32 Å². The van der Waals surface area contributed by atoms with Crippen molar-refractivity contribution in [3.05, 3.63) is 54.1 Å². The lowest BCUT2D eigenvalue weighted by Gasteiger charge is -2.11. The van der Waals surface area contributed by atoms with Gasteiger partial charge in [0.25, 0.3) is 5.91 Å². The SMILES string of the molecule is CCCCCC(=O)Nc1cccc(NCC(=O)Nc2ccc(C(=O)NC(C)C)cc2)c1. The van der Waals surface area contributed by atoms with Gasteiger partial charge < -0.3 is 21.3 Å². The number of nitrogens with one attached hydrogen (secondary N) is 4. The van der Waals surface area contributed by atoms with Gasteiger partial charge in [0, 0.05) is 35.1 Å². The Morgan fingerprint density at radius 2 is 1.52 bits per heavy atom. The van der Waals surface area contributed by atoms with Crippen molar-refractivity contribution in [1.29, 1.82) is 0 Å². The predicted octanol–water partition coefficient (Wildman–Crippen LogP) is 4.39. The minimum atomic E-state index is -0.214. The minimum Gasteiger partial charge on any atom is -0.376 e. The number of rotatable bonds is 11. The molecule has 0 radical (unpaired) electrons. The van der Waals surface area contributed by atoms with E-state index in [2.05, 4.69) is 28.2 Å². The summed E-state index contributed by atoms with van der Waals surface area (Å²) in [5.74, 6) is -0.367. The smallest absolute Gasteiger partial charge is 0.251 e. The van der Waals surface area contributed by atoms with Crippen molar-refractivity contribution < 1.29 is 14.4 Å².